The molecule has 0 spiro atoms. The summed E-state index contributed by atoms with van der Waals surface area (Å²) in [6.45, 7) is 0.511. The van der Waals surface area contributed by atoms with Crippen LogP contribution in [0.4, 0.5) is 5.69 Å². The van der Waals surface area contributed by atoms with E-state index in [1.165, 1.54) is 11.8 Å². The number of thioether (sulfide) groups is 1. The first-order valence-corrected chi connectivity index (χ1v) is 9.61. The van der Waals surface area contributed by atoms with Crippen molar-refractivity contribution in [1.29, 1.82) is 0 Å². The minimum atomic E-state index is -0.155. The van der Waals surface area contributed by atoms with E-state index in [1.54, 1.807) is 12.1 Å². The second-order valence-electron chi connectivity index (χ2n) is 6.18. The first-order chi connectivity index (χ1) is 13.2. The van der Waals surface area contributed by atoms with Crippen LogP contribution in [-0.4, -0.2) is 33.9 Å². The van der Waals surface area contributed by atoms with Crippen LogP contribution >= 0.6 is 11.8 Å². The molecule has 0 aliphatic carbocycles. The molecule has 3 aromatic rings. The van der Waals surface area contributed by atoms with Crippen LogP contribution in [0.15, 0.2) is 65.8 Å². The van der Waals surface area contributed by atoms with Crippen molar-refractivity contribution in [2.45, 2.75) is 11.3 Å². The smallest absolute Gasteiger partial charge is 0.251 e. The Morgan fingerprint density at radius 1 is 1.22 bits per heavy atom. The molecule has 0 fully saturated rings. The number of fused-ring (bicyclic) bond motifs is 1. The van der Waals surface area contributed by atoms with Gasteiger partial charge in [-0.3, -0.25) is 9.59 Å². The molecule has 1 aliphatic rings. The van der Waals surface area contributed by atoms with Crippen LogP contribution in [-0.2, 0) is 11.2 Å². The topological polar surface area (TPSA) is 76.0 Å². The fourth-order valence-electron chi connectivity index (χ4n) is 2.86. The molecule has 0 radical (unpaired) electrons. The number of carbonyl (C=O) groups excluding carboxylic acids is 2. The third-order valence-corrected chi connectivity index (χ3v) is 5.30. The van der Waals surface area contributed by atoms with Crippen molar-refractivity contribution in [1.82, 2.24) is 15.1 Å². The minimum absolute atomic E-state index is 0.0412. The average Bonchev–Trinajstić information content (AvgIpc) is 3.17. The highest BCUT2D eigenvalue weighted by Crippen LogP contribution is 2.31. The lowest BCUT2D eigenvalue weighted by Gasteiger charge is -2.16. The number of anilines is 1. The molecule has 7 heteroatoms. The number of hydrogen-bond donors (Lipinski definition) is 2. The van der Waals surface area contributed by atoms with E-state index < -0.39 is 0 Å². The summed E-state index contributed by atoms with van der Waals surface area (Å²) in [4.78, 5) is 24.9. The van der Waals surface area contributed by atoms with Crippen molar-refractivity contribution in [2.75, 3.05) is 17.6 Å². The Morgan fingerprint density at radius 3 is 2.93 bits per heavy atom. The Morgan fingerprint density at radius 2 is 2.07 bits per heavy atom. The molecule has 1 aliphatic heterocycles. The van der Waals surface area contributed by atoms with Crippen LogP contribution in [0.3, 0.4) is 0 Å². The van der Waals surface area contributed by atoms with E-state index in [4.69, 9.17) is 0 Å². The van der Waals surface area contributed by atoms with Gasteiger partial charge in [-0.2, -0.15) is 5.10 Å². The summed E-state index contributed by atoms with van der Waals surface area (Å²) in [5.74, 6) is 0.216. The fraction of sp³-hybridized carbons (Fsp3) is 0.150. The fourth-order valence-corrected chi connectivity index (χ4v) is 3.65. The zero-order valence-electron chi connectivity index (χ0n) is 14.5. The normalized spacial score (nSPS) is 13.0. The number of rotatable bonds is 5. The molecule has 2 aromatic carbocycles. The number of para-hydroxylation sites is 1. The summed E-state index contributed by atoms with van der Waals surface area (Å²) in [5.41, 5.74) is 3.29. The van der Waals surface area contributed by atoms with Crippen LogP contribution in [0.1, 0.15) is 15.9 Å². The number of nitrogens with zero attached hydrogens (tertiary/aromatic N) is 2. The van der Waals surface area contributed by atoms with Gasteiger partial charge < -0.3 is 10.6 Å². The Bertz CT molecular complexity index is 985. The molecule has 0 saturated carbocycles. The first-order valence-electron chi connectivity index (χ1n) is 8.63. The highest BCUT2D eigenvalue weighted by molar-refractivity contribution is 8.00. The molecule has 2 N–H and O–H groups in total. The van der Waals surface area contributed by atoms with Gasteiger partial charge in [-0.05, 0) is 42.3 Å². The number of amides is 2. The lowest BCUT2D eigenvalue weighted by molar-refractivity contribution is -0.113. The monoisotopic (exact) mass is 378 g/mol. The first kappa shape index (κ1) is 17.4. The zero-order valence-corrected chi connectivity index (χ0v) is 15.3. The molecule has 2 amide bonds. The number of aromatic nitrogens is 2. The molecule has 0 atom stereocenters. The standard InChI is InChI=1S/C20H18N4O2S/c25-19-13-27-18-7-6-15(10-17(18)23-19)20(26)21-9-8-14-11-22-24(12-14)16-4-2-1-3-5-16/h1-7,10-12H,8-9,13H2,(H,21,26)(H,23,25). The molecule has 0 unspecified atom stereocenters. The zero-order chi connectivity index (χ0) is 18.6. The molecule has 0 saturated heterocycles. The van der Waals surface area contributed by atoms with Crippen LogP contribution in [0.5, 0.6) is 0 Å². The van der Waals surface area contributed by atoms with E-state index in [9.17, 15) is 9.59 Å². The molecule has 6 nitrogen and oxygen atoms in total. The second kappa shape index (κ2) is 7.67. The van der Waals surface area contributed by atoms with Crippen LogP contribution < -0.4 is 10.6 Å². The third-order valence-electron chi connectivity index (χ3n) is 4.23. The average molecular weight is 378 g/mol. The van der Waals surface area contributed by atoms with Crippen molar-refractivity contribution in [3.63, 3.8) is 0 Å². The summed E-state index contributed by atoms with van der Waals surface area (Å²) in [6.07, 6.45) is 4.47. The van der Waals surface area contributed by atoms with Gasteiger partial charge in [-0.15, -0.1) is 11.8 Å². The van der Waals surface area contributed by atoms with Crippen molar-refractivity contribution in [3.05, 3.63) is 72.1 Å². The van der Waals surface area contributed by atoms with E-state index >= 15 is 0 Å². The maximum Gasteiger partial charge on any atom is 0.251 e. The van der Waals surface area contributed by atoms with Crippen molar-refractivity contribution in [2.24, 2.45) is 0 Å². The van der Waals surface area contributed by atoms with Crippen molar-refractivity contribution in [3.8, 4) is 5.69 Å². The molecule has 27 heavy (non-hydrogen) atoms. The van der Waals surface area contributed by atoms with Crippen molar-refractivity contribution >= 4 is 29.3 Å². The Labute approximate surface area is 161 Å². The van der Waals surface area contributed by atoms with Gasteiger partial charge in [-0.1, -0.05) is 18.2 Å². The van der Waals surface area contributed by atoms with Gasteiger partial charge in [0.1, 0.15) is 0 Å². The van der Waals surface area contributed by atoms with Crippen LogP contribution in [0, 0.1) is 0 Å². The lowest BCUT2D eigenvalue weighted by atomic mass is 10.1. The predicted molar refractivity (Wildman–Crippen MR) is 105 cm³/mol. The van der Waals surface area contributed by atoms with E-state index in [1.807, 2.05) is 53.5 Å². The molecular weight excluding hydrogens is 360 g/mol. The largest absolute Gasteiger partial charge is 0.352 e. The number of benzene rings is 2. The second-order valence-corrected chi connectivity index (χ2v) is 7.20. The molecule has 2 heterocycles. The highest BCUT2D eigenvalue weighted by atomic mass is 32.2. The van der Waals surface area contributed by atoms with Gasteiger partial charge in [0.15, 0.2) is 0 Å². The Hall–Kier alpha value is -3.06. The lowest BCUT2D eigenvalue weighted by Crippen LogP contribution is -2.26. The summed E-state index contributed by atoms with van der Waals surface area (Å²) in [6, 6.07) is 15.3. The van der Waals surface area contributed by atoms with Gasteiger partial charge in [-0.25, -0.2) is 4.68 Å². The molecule has 4 rings (SSSR count). The van der Waals surface area contributed by atoms with Gasteiger partial charge in [0.05, 0.1) is 23.3 Å². The Balaban J connectivity index is 1.34. The van der Waals surface area contributed by atoms with Gasteiger partial charge in [0.2, 0.25) is 5.91 Å². The summed E-state index contributed by atoms with van der Waals surface area (Å²) in [7, 11) is 0. The van der Waals surface area contributed by atoms with Gasteiger partial charge in [0, 0.05) is 23.2 Å². The van der Waals surface area contributed by atoms with Crippen LogP contribution in [0.25, 0.3) is 5.69 Å². The van der Waals surface area contributed by atoms with Crippen molar-refractivity contribution < 1.29 is 9.59 Å². The van der Waals surface area contributed by atoms with Gasteiger partial charge in [0.25, 0.3) is 5.91 Å². The Kier molecular flexibility index (Phi) is 4.93. The number of carbonyl (C=O) groups is 2. The highest BCUT2D eigenvalue weighted by Gasteiger charge is 2.17. The van der Waals surface area contributed by atoms with Crippen LogP contribution in [0.2, 0.25) is 0 Å². The predicted octanol–water partition coefficient (Wildman–Crippen LogP) is 2.89. The maximum absolute atomic E-state index is 12.4. The van der Waals surface area contributed by atoms with Gasteiger partial charge >= 0.3 is 0 Å². The van der Waals surface area contributed by atoms with E-state index in [-0.39, 0.29) is 11.8 Å². The summed E-state index contributed by atoms with van der Waals surface area (Å²) in [5, 5.41) is 10.1. The molecule has 1 aromatic heterocycles. The molecule has 136 valence electrons. The van der Waals surface area contributed by atoms with E-state index in [0.717, 1.165) is 16.1 Å². The SMILES string of the molecule is O=C1CSc2ccc(C(=O)NCCc3cnn(-c4ccccc4)c3)cc2N1. The van der Waals surface area contributed by atoms with E-state index in [0.29, 0.717) is 30.0 Å². The minimum Gasteiger partial charge on any atom is -0.352 e. The summed E-state index contributed by atoms with van der Waals surface area (Å²) < 4.78 is 1.82. The van der Waals surface area contributed by atoms with E-state index in [2.05, 4.69) is 15.7 Å². The summed E-state index contributed by atoms with van der Waals surface area (Å²) >= 11 is 1.48. The number of nitrogens with one attached hydrogen (secondary N) is 2. The maximum atomic E-state index is 12.4. The molecular formula is C20H18N4O2S. The quantitative estimate of drug-likeness (QED) is 0.716. The molecule has 0 bridgehead atoms. The third kappa shape index (κ3) is 4.03. The number of hydrogen-bond acceptors (Lipinski definition) is 4.